The van der Waals surface area contributed by atoms with Gasteiger partial charge < -0.3 is 5.73 Å². The Morgan fingerprint density at radius 3 is 2.18 bits per heavy atom. The molecule has 0 aromatic heterocycles. The fraction of sp³-hybridized carbons (Fsp3) is 0.250. The van der Waals surface area contributed by atoms with Crippen LogP contribution in [0.1, 0.15) is 5.56 Å². The fourth-order valence-corrected chi connectivity index (χ4v) is 3.32. The fourth-order valence-electron chi connectivity index (χ4n) is 1.62. The van der Waals surface area contributed by atoms with Crippen LogP contribution in [0.5, 0.6) is 0 Å². The molecule has 10 heteroatoms. The van der Waals surface area contributed by atoms with E-state index in [4.69, 9.17) is 5.73 Å². The predicted molar refractivity (Wildman–Crippen MR) is 77.5 cm³/mol. The second kappa shape index (κ2) is 7.16. The molecule has 122 valence electrons. The molecule has 0 aliphatic rings. The van der Waals surface area contributed by atoms with Crippen molar-refractivity contribution in [3.8, 4) is 0 Å². The van der Waals surface area contributed by atoms with Crippen LogP contribution in [0.2, 0.25) is 0 Å². The molecule has 0 atom stereocenters. The molecule has 0 amide bonds. The number of rotatable bonds is 7. The van der Waals surface area contributed by atoms with Crippen molar-refractivity contribution in [2.24, 2.45) is 5.73 Å². The molecule has 0 aliphatic carbocycles. The Labute approximate surface area is 130 Å². The molecule has 0 bridgehead atoms. The third kappa shape index (κ3) is 4.24. The molecule has 0 radical (unpaired) electrons. The van der Waals surface area contributed by atoms with Crippen LogP contribution in [0.4, 0.5) is 17.6 Å². The van der Waals surface area contributed by atoms with Gasteiger partial charge >= 0.3 is 0 Å². The summed E-state index contributed by atoms with van der Waals surface area (Å²) in [6.45, 7) is 2.70. The zero-order valence-corrected chi connectivity index (χ0v) is 12.8. The number of hydrogen-bond donors (Lipinski definition) is 1. The highest BCUT2D eigenvalue weighted by atomic mass is 32.2. The van der Waals surface area contributed by atoms with Gasteiger partial charge in [0.25, 0.3) is 0 Å². The summed E-state index contributed by atoms with van der Waals surface area (Å²) >= 11 is 4.58. The van der Waals surface area contributed by atoms with Gasteiger partial charge in [0, 0.05) is 18.2 Å². The second-order valence-electron chi connectivity index (χ2n) is 4.25. The van der Waals surface area contributed by atoms with E-state index in [1.807, 2.05) is 0 Å². The topological polar surface area (TPSA) is 63.4 Å². The van der Waals surface area contributed by atoms with E-state index in [1.54, 1.807) is 0 Å². The SMILES string of the molecule is C=CCN(CC(N)=S)S(=O)(=O)Cc1c(F)c(F)cc(F)c1F. The van der Waals surface area contributed by atoms with Gasteiger partial charge in [-0.05, 0) is 0 Å². The maximum Gasteiger partial charge on any atom is 0.219 e. The first-order valence-electron chi connectivity index (χ1n) is 5.79. The number of hydrogen-bond acceptors (Lipinski definition) is 3. The molecule has 0 saturated heterocycles. The average Bonchev–Trinajstić information content (AvgIpc) is 2.40. The highest BCUT2D eigenvalue weighted by Crippen LogP contribution is 2.22. The Morgan fingerprint density at radius 2 is 1.77 bits per heavy atom. The van der Waals surface area contributed by atoms with Crippen molar-refractivity contribution in [2.45, 2.75) is 5.75 Å². The minimum atomic E-state index is -4.33. The zero-order chi connectivity index (χ0) is 17.1. The monoisotopic (exact) mass is 356 g/mol. The quantitative estimate of drug-likeness (QED) is 0.351. The molecule has 0 fully saturated rings. The molecule has 0 spiro atoms. The van der Waals surface area contributed by atoms with Gasteiger partial charge in [-0.15, -0.1) is 6.58 Å². The molecular weight excluding hydrogens is 344 g/mol. The van der Waals surface area contributed by atoms with Crippen LogP contribution in [0, 0.1) is 23.3 Å². The second-order valence-corrected chi connectivity index (χ2v) is 6.74. The smallest absolute Gasteiger partial charge is 0.219 e. The molecule has 1 aromatic rings. The molecule has 22 heavy (non-hydrogen) atoms. The standard InChI is InChI=1S/C12H12F4N2O2S2/c1-2-3-18(5-10(17)21)22(19,20)6-7-11(15)8(13)4-9(14)12(7)16/h2,4H,1,3,5-6H2,(H2,17,21). The van der Waals surface area contributed by atoms with Crippen LogP contribution in [0.25, 0.3) is 0 Å². The normalized spacial score (nSPS) is 11.7. The van der Waals surface area contributed by atoms with Crippen molar-refractivity contribution in [3.05, 3.63) is 47.6 Å². The minimum absolute atomic E-state index is 0.00267. The van der Waals surface area contributed by atoms with Gasteiger partial charge in [-0.1, -0.05) is 18.3 Å². The average molecular weight is 356 g/mol. The van der Waals surface area contributed by atoms with Gasteiger partial charge in [-0.3, -0.25) is 0 Å². The van der Waals surface area contributed by atoms with E-state index in [9.17, 15) is 26.0 Å². The van der Waals surface area contributed by atoms with Gasteiger partial charge in [0.1, 0.15) is 0 Å². The molecule has 0 unspecified atom stereocenters. The van der Waals surface area contributed by atoms with Crippen LogP contribution in [-0.4, -0.2) is 30.8 Å². The molecule has 1 aromatic carbocycles. The first-order chi connectivity index (χ1) is 10.1. The summed E-state index contributed by atoms with van der Waals surface area (Å²) < 4.78 is 78.3. The van der Waals surface area contributed by atoms with E-state index in [1.165, 1.54) is 6.08 Å². The van der Waals surface area contributed by atoms with Crippen LogP contribution in [0.3, 0.4) is 0 Å². The Hall–Kier alpha value is -1.52. The Kier molecular flexibility index (Phi) is 6.03. The molecule has 0 heterocycles. The third-order valence-corrected chi connectivity index (χ3v) is 4.44. The number of nitrogens with two attached hydrogens (primary N) is 1. The number of halogens is 4. The van der Waals surface area contributed by atoms with E-state index < -0.39 is 51.2 Å². The van der Waals surface area contributed by atoms with Gasteiger partial charge in [-0.2, -0.15) is 4.31 Å². The molecule has 0 aliphatic heterocycles. The lowest BCUT2D eigenvalue weighted by atomic mass is 10.2. The van der Waals surface area contributed by atoms with Crippen LogP contribution < -0.4 is 5.73 Å². The lowest BCUT2D eigenvalue weighted by molar-refractivity contribution is 0.438. The summed E-state index contributed by atoms with van der Waals surface area (Å²) in [5, 5.41) is 0. The van der Waals surface area contributed by atoms with Crippen LogP contribution >= 0.6 is 12.2 Å². The minimum Gasteiger partial charge on any atom is -0.392 e. The van der Waals surface area contributed by atoms with Gasteiger partial charge in [0.05, 0.1) is 17.3 Å². The number of sulfonamides is 1. The van der Waals surface area contributed by atoms with Crippen molar-refractivity contribution in [1.29, 1.82) is 0 Å². The maximum absolute atomic E-state index is 13.5. The summed E-state index contributed by atoms with van der Waals surface area (Å²) in [7, 11) is -4.33. The molecule has 2 N–H and O–H groups in total. The Morgan fingerprint density at radius 1 is 1.27 bits per heavy atom. The highest BCUT2D eigenvalue weighted by Gasteiger charge is 2.28. The van der Waals surface area contributed by atoms with Crippen molar-refractivity contribution in [1.82, 2.24) is 4.31 Å². The van der Waals surface area contributed by atoms with Gasteiger partial charge in [0.15, 0.2) is 23.3 Å². The first-order valence-corrected chi connectivity index (χ1v) is 7.80. The Balaban J connectivity index is 3.26. The lowest BCUT2D eigenvalue weighted by Crippen LogP contribution is -2.38. The molecule has 4 nitrogen and oxygen atoms in total. The summed E-state index contributed by atoms with van der Waals surface area (Å²) in [6.07, 6.45) is 1.20. The predicted octanol–water partition coefficient (Wildman–Crippen LogP) is 1.85. The van der Waals surface area contributed by atoms with Crippen LogP contribution in [-0.2, 0) is 15.8 Å². The van der Waals surface area contributed by atoms with Crippen molar-refractivity contribution >= 4 is 27.2 Å². The Bertz CT molecular complexity index is 681. The summed E-state index contributed by atoms with van der Waals surface area (Å²) in [5.74, 6) is -8.19. The number of nitrogens with zero attached hydrogens (tertiary/aromatic N) is 1. The van der Waals surface area contributed by atoms with Gasteiger partial charge in [-0.25, -0.2) is 26.0 Å². The summed E-state index contributed by atoms with van der Waals surface area (Å²) in [4.78, 5) is -0.184. The van der Waals surface area contributed by atoms with E-state index >= 15 is 0 Å². The number of benzene rings is 1. The molecular formula is C12H12F4N2O2S2. The van der Waals surface area contributed by atoms with Gasteiger partial charge in [0.2, 0.25) is 10.0 Å². The third-order valence-electron chi connectivity index (χ3n) is 2.59. The van der Waals surface area contributed by atoms with E-state index in [0.717, 1.165) is 0 Å². The van der Waals surface area contributed by atoms with E-state index in [-0.39, 0.29) is 17.6 Å². The van der Waals surface area contributed by atoms with E-state index in [0.29, 0.717) is 4.31 Å². The zero-order valence-electron chi connectivity index (χ0n) is 11.2. The lowest BCUT2D eigenvalue weighted by Gasteiger charge is -2.20. The largest absolute Gasteiger partial charge is 0.392 e. The van der Waals surface area contributed by atoms with Crippen LogP contribution in [0.15, 0.2) is 18.7 Å². The molecule has 1 rings (SSSR count). The van der Waals surface area contributed by atoms with E-state index in [2.05, 4.69) is 18.8 Å². The van der Waals surface area contributed by atoms with Crippen molar-refractivity contribution in [2.75, 3.05) is 13.1 Å². The van der Waals surface area contributed by atoms with Crippen molar-refractivity contribution in [3.63, 3.8) is 0 Å². The first kappa shape index (κ1) is 18.5. The van der Waals surface area contributed by atoms with Crippen molar-refractivity contribution < 1.29 is 26.0 Å². The maximum atomic E-state index is 13.5. The summed E-state index contributed by atoms with van der Waals surface area (Å²) in [5.41, 5.74) is 4.02. The molecule has 0 saturated carbocycles. The number of thiocarbonyl (C=S) groups is 1. The highest BCUT2D eigenvalue weighted by molar-refractivity contribution is 7.88. The summed E-state index contributed by atoms with van der Waals surface area (Å²) in [6, 6.07) is -0.00267.